The van der Waals surface area contributed by atoms with E-state index in [0.29, 0.717) is 0 Å². The minimum absolute atomic E-state index is 1.15. The molecule has 0 saturated carbocycles. The van der Waals surface area contributed by atoms with E-state index in [9.17, 15) is 0 Å². The van der Waals surface area contributed by atoms with Crippen molar-refractivity contribution in [2.24, 2.45) is 0 Å². The summed E-state index contributed by atoms with van der Waals surface area (Å²) >= 11 is 0. The van der Waals surface area contributed by atoms with Gasteiger partial charge in [-0.1, -0.05) is 232 Å². The first-order valence-electron chi connectivity index (χ1n) is 27.4. The monoisotopic (exact) mass is 1030 g/mol. The predicted molar refractivity (Wildman–Crippen MR) is 341 cm³/mol. The number of para-hydroxylation sites is 4. The first kappa shape index (κ1) is 46.3. The third kappa shape index (κ3) is 7.07. The number of benzene rings is 13. The van der Waals surface area contributed by atoms with Gasteiger partial charge in [0.2, 0.25) is 0 Å². The Kier molecular flexibility index (Phi) is 10.5. The van der Waals surface area contributed by atoms with E-state index in [1.54, 1.807) is 0 Å². The van der Waals surface area contributed by atoms with Crippen LogP contribution in [0.1, 0.15) is 0 Å². The Hall–Kier alpha value is -9.07. The number of nitrogens with zero attached hydrogens (tertiary/aromatic N) is 2. The van der Waals surface area contributed by atoms with Crippen LogP contribution in [0.5, 0.6) is 0 Å². The highest BCUT2D eigenvalue weighted by molar-refractivity contribution is 7.03. The minimum atomic E-state index is -2.04. The van der Waals surface area contributed by atoms with Crippen LogP contribution in [0.25, 0.3) is 87.6 Å². The van der Waals surface area contributed by atoms with E-state index in [2.05, 4.69) is 303 Å². The van der Waals surface area contributed by atoms with E-state index in [0.717, 1.165) is 11.4 Å². The summed E-state index contributed by atoms with van der Waals surface area (Å²) in [5.74, 6) is 0. The van der Waals surface area contributed by atoms with E-state index in [4.69, 9.17) is 0 Å². The predicted octanol–water partition coefficient (Wildman–Crippen LogP) is 18.2. The molecule has 78 heavy (non-hydrogen) atoms. The molecule has 13 aromatic carbocycles. The van der Waals surface area contributed by atoms with Gasteiger partial charge in [0.1, 0.15) is 16.1 Å². The topological polar surface area (TPSA) is 6.48 Å². The fourth-order valence-electron chi connectivity index (χ4n) is 13.6. The summed E-state index contributed by atoms with van der Waals surface area (Å²) in [6.45, 7) is 10.0. The summed E-state index contributed by atoms with van der Waals surface area (Å²) in [6.07, 6.45) is 0. The Morgan fingerprint density at radius 2 is 0.564 bits per heavy atom. The Morgan fingerprint density at radius 1 is 0.244 bits per heavy atom. The van der Waals surface area contributed by atoms with Gasteiger partial charge < -0.3 is 9.80 Å². The molecule has 2 aliphatic heterocycles. The van der Waals surface area contributed by atoms with E-state index in [1.807, 2.05) is 0 Å². The van der Waals surface area contributed by atoms with Crippen LogP contribution in [0.2, 0.25) is 26.2 Å². The van der Waals surface area contributed by atoms with E-state index in [-0.39, 0.29) is 0 Å². The molecule has 2 heterocycles. The molecule has 0 spiro atoms. The molecule has 0 saturated heterocycles. The quantitative estimate of drug-likeness (QED) is 0.121. The Bertz CT molecular complexity index is 4200. The van der Waals surface area contributed by atoms with Crippen LogP contribution in [0.15, 0.2) is 267 Å². The van der Waals surface area contributed by atoms with Gasteiger partial charge in [-0.25, -0.2) is 0 Å². The van der Waals surface area contributed by atoms with Crippen LogP contribution in [-0.4, -0.2) is 16.1 Å². The maximum atomic E-state index is 2.54. The Morgan fingerprint density at radius 3 is 0.962 bits per heavy atom. The molecule has 0 amide bonds. The van der Waals surface area contributed by atoms with Gasteiger partial charge in [0.15, 0.2) is 0 Å². The molecule has 13 aromatic rings. The van der Waals surface area contributed by atoms with Crippen molar-refractivity contribution < 1.29 is 0 Å². The largest absolute Gasteiger partial charge is 0.311 e. The van der Waals surface area contributed by atoms with Gasteiger partial charge in [-0.3, -0.25) is 0 Å². The van der Waals surface area contributed by atoms with Crippen LogP contribution >= 0.6 is 0 Å². The van der Waals surface area contributed by atoms with Gasteiger partial charge in [0.25, 0.3) is 0 Å². The number of anilines is 6. The summed E-state index contributed by atoms with van der Waals surface area (Å²) in [5, 5.41) is 15.7. The Labute approximate surface area is 458 Å². The van der Waals surface area contributed by atoms with Gasteiger partial charge in [-0.2, -0.15) is 0 Å². The average molecular weight is 1030 g/mol. The van der Waals surface area contributed by atoms with Gasteiger partial charge in [0, 0.05) is 34.1 Å². The first-order valence-corrected chi connectivity index (χ1v) is 33.4. The van der Waals surface area contributed by atoms with Crippen LogP contribution < -0.4 is 30.5 Å². The Balaban J connectivity index is 1.06. The van der Waals surface area contributed by atoms with E-state index in [1.165, 1.54) is 131 Å². The summed E-state index contributed by atoms with van der Waals surface area (Å²) in [4.78, 5) is 5.09. The van der Waals surface area contributed by atoms with Crippen molar-refractivity contribution in [2.75, 3.05) is 9.80 Å². The van der Waals surface area contributed by atoms with Crippen LogP contribution in [-0.2, 0) is 0 Å². The fourth-order valence-corrected chi connectivity index (χ4v) is 19.6. The molecule has 0 aliphatic carbocycles. The lowest BCUT2D eigenvalue weighted by molar-refractivity contribution is 1.29. The second kappa shape index (κ2) is 17.8. The highest BCUT2D eigenvalue weighted by Crippen LogP contribution is 2.50. The van der Waals surface area contributed by atoms with Crippen molar-refractivity contribution in [3.63, 3.8) is 0 Å². The standard InChI is InChI=1S/C74H56N2Si2/c1-77(2)69-37-13-9-33-65(69)75(66-34-10-14-38-70(66)77)55-41-43-61-63(47-55)73(53-27-17-25-51(45-53)59-31-19-23-49-21-5-7-29-57(49)59)62-44-42-56(76-67-35-11-15-39-71(67)78(3,4)72-40-16-12-36-68(72)76)48-64(62)74(61)54-28-18-26-52(46-54)60-32-20-24-50-22-6-8-30-58(50)60/h5-48H,1-4H3. The lowest BCUT2D eigenvalue weighted by atomic mass is 9.84. The van der Waals surface area contributed by atoms with Crippen molar-refractivity contribution in [3.05, 3.63) is 267 Å². The molecule has 2 aliphatic rings. The maximum absolute atomic E-state index is 2.54. The number of rotatable bonds is 6. The molecular formula is C74H56N2Si2. The lowest BCUT2D eigenvalue weighted by Crippen LogP contribution is -2.58. The summed E-state index contributed by atoms with van der Waals surface area (Å²) in [5.41, 5.74) is 17.1. The molecule has 370 valence electrons. The fraction of sp³-hybridized carbons (Fsp3) is 0.0541. The van der Waals surface area contributed by atoms with Crippen LogP contribution in [0.4, 0.5) is 34.1 Å². The second-order valence-electron chi connectivity index (χ2n) is 22.4. The molecule has 0 unspecified atom stereocenters. The van der Waals surface area contributed by atoms with Crippen molar-refractivity contribution in [1.29, 1.82) is 0 Å². The summed E-state index contributed by atoms with van der Waals surface area (Å²) < 4.78 is 0. The van der Waals surface area contributed by atoms with E-state index < -0.39 is 16.1 Å². The average Bonchev–Trinajstić information content (AvgIpc) is 3.62. The van der Waals surface area contributed by atoms with Crippen LogP contribution in [0.3, 0.4) is 0 Å². The summed E-state index contributed by atoms with van der Waals surface area (Å²) in [6, 6.07) is 101. The molecule has 15 rings (SSSR count). The van der Waals surface area contributed by atoms with Crippen molar-refractivity contribution >= 4 is 114 Å². The minimum Gasteiger partial charge on any atom is -0.311 e. The zero-order chi connectivity index (χ0) is 52.3. The lowest BCUT2D eigenvalue weighted by Gasteiger charge is -2.41. The second-order valence-corrected chi connectivity index (χ2v) is 31.1. The number of fused-ring (bicyclic) bond motifs is 8. The highest BCUT2D eigenvalue weighted by atomic mass is 28.3. The van der Waals surface area contributed by atoms with Crippen LogP contribution in [0, 0.1) is 0 Å². The molecule has 0 fully saturated rings. The molecule has 4 heteroatoms. The number of hydrogen-bond acceptors (Lipinski definition) is 2. The van der Waals surface area contributed by atoms with Gasteiger partial charge in [-0.05, 0) is 169 Å². The summed E-state index contributed by atoms with van der Waals surface area (Å²) in [7, 11) is -4.08. The number of hydrogen-bond donors (Lipinski definition) is 0. The van der Waals surface area contributed by atoms with Gasteiger partial charge >= 0.3 is 0 Å². The van der Waals surface area contributed by atoms with E-state index >= 15 is 0 Å². The molecule has 2 nitrogen and oxygen atoms in total. The SMILES string of the molecule is C[Si]1(C)c2ccccc2N(c2ccc3c(-c4cccc(-c5cccc6ccccc56)c4)c4cc(N5c6ccccc6[Si](C)(C)c6ccccc65)ccc4c(-c4cccc(-c5cccc6ccccc56)c4)c3c2)c2ccccc21. The zero-order valence-corrected chi connectivity index (χ0v) is 46.3. The zero-order valence-electron chi connectivity index (χ0n) is 44.3. The molecule has 0 radical (unpaired) electrons. The molecule has 0 N–H and O–H groups in total. The van der Waals surface area contributed by atoms with Crippen molar-refractivity contribution in [3.8, 4) is 44.5 Å². The maximum Gasteiger partial charge on any atom is 0.117 e. The third-order valence-corrected chi connectivity index (χ3v) is 24.5. The normalized spacial score (nSPS) is 14.1. The molecular weight excluding hydrogens is 973 g/mol. The first-order chi connectivity index (χ1) is 38.2. The highest BCUT2D eigenvalue weighted by Gasteiger charge is 2.40. The van der Waals surface area contributed by atoms with Gasteiger partial charge in [-0.15, -0.1) is 0 Å². The van der Waals surface area contributed by atoms with Gasteiger partial charge in [0.05, 0.1) is 0 Å². The smallest absolute Gasteiger partial charge is 0.117 e. The van der Waals surface area contributed by atoms with Crippen molar-refractivity contribution in [1.82, 2.24) is 0 Å². The molecule has 0 atom stereocenters. The molecule has 0 aromatic heterocycles. The third-order valence-electron chi connectivity index (χ3n) is 17.4. The van der Waals surface area contributed by atoms with Crippen molar-refractivity contribution in [2.45, 2.75) is 26.2 Å². The molecule has 0 bridgehead atoms.